The Morgan fingerprint density at radius 3 is 2.37 bits per heavy atom. The van der Waals surface area contributed by atoms with Gasteiger partial charge in [-0.2, -0.15) is 0 Å². The number of likely N-dealkylation sites (tertiary alicyclic amines) is 1. The number of carbonyl (C=O) groups is 2. The zero-order valence-corrected chi connectivity index (χ0v) is 25.8. The summed E-state index contributed by atoms with van der Waals surface area (Å²) in [5, 5.41) is 24.5. The number of nitrogens with one attached hydrogen (secondary N) is 2. The van der Waals surface area contributed by atoms with E-state index in [0.29, 0.717) is 31.8 Å². The Bertz CT molecular complexity index is 1510. The van der Waals surface area contributed by atoms with Gasteiger partial charge in [-0.15, -0.1) is 10.2 Å². The van der Waals surface area contributed by atoms with Crippen molar-refractivity contribution < 1.29 is 23.5 Å². The molecule has 0 atom stereocenters. The summed E-state index contributed by atoms with van der Waals surface area (Å²) in [7, 11) is 0. The van der Waals surface area contributed by atoms with Gasteiger partial charge in [-0.05, 0) is 78.5 Å². The number of hydrogen-bond donors (Lipinski definition) is 3. The number of aliphatic hydroxyl groups is 1. The van der Waals surface area contributed by atoms with E-state index in [-0.39, 0.29) is 33.9 Å². The summed E-state index contributed by atoms with van der Waals surface area (Å²) >= 11 is 0.892. The summed E-state index contributed by atoms with van der Waals surface area (Å²) in [6.45, 7) is 10.2. The monoisotopic (exact) mass is 613 g/mol. The summed E-state index contributed by atoms with van der Waals surface area (Å²) in [5.74, 6) is -1.82. The smallest absolute Gasteiger partial charge is 0.282 e. The lowest BCUT2D eigenvalue weighted by atomic mass is 9.78. The molecule has 2 aliphatic rings. The molecule has 3 heterocycles. The fourth-order valence-corrected chi connectivity index (χ4v) is 6.72. The summed E-state index contributed by atoms with van der Waals surface area (Å²) in [6.07, 6.45) is 3.02. The molecule has 2 aromatic heterocycles. The number of rotatable bonds is 8. The van der Waals surface area contributed by atoms with Crippen LogP contribution in [0.2, 0.25) is 0 Å². The molecule has 1 aliphatic heterocycles. The Hall–Kier alpha value is -3.42. The van der Waals surface area contributed by atoms with Gasteiger partial charge in [0.1, 0.15) is 11.6 Å². The molecule has 3 aromatic rings. The van der Waals surface area contributed by atoms with E-state index in [9.17, 15) is 23.5 Å². The van der Waals surface area contributed by atoms with Gasteiger partial charge in [0, 0.05) is 42.1 Å². The highest BCUT2D eigenvalue weighted by Crippen LogP contribution is 2.37. The van der Waals surface area contributed by atoms with Gasteiger partial charge in [0.2, 0.25) is 10.9 Å². The summed E-state index contributed by atoms with van der Waals surface area (Å²) < 4.78 is 27.7. The first-order valence-electron chi connectivity index (χ1n) is 14.4. The van der Waals surface area contributed by atoms with Crippen molar-refractivity contribution in [2.75, 3.05) is 13.1 Å². The second kappa shape index (κ2) is 11.6. The topological polar surface area (TPSA) is 133 Å². The largest absolute Gasteiger partial charge is 0.390 e. The Balaban J connectivity index is 1.32. The molecule has 1 saturated carbocycles. The maximum Gasteiger partial charge on any atom is 0.282 e. The van der Waals surface area contributed by atoms with Crippen LogP contribution in [0.5, 0.6) is 0 Å². The highest BCUT2D eigenvalue weighted by Gasteiger charge is 2.49. The highest BCUT2D eigenvalue weighted by atomic mass is 32.1. The number of carbonyl (C=O) groups excluding carboxylic acids is 2. The molecule has 0 spiro atoms. The molecule has 0 bridgehead atoms. The minimum Gasteiger partial charge on any atom is -0.390 e. The Kier molecular flexibility index (Phi) is 8.36. The van der Waals surface area contributed by atoms with E-state index >= 15 is 0 Å². The van der Waals surface area contributed by atoms with E-state index in [1.165, 1.54) is 6.07 Å². The van der Waals surface area contributed by atoms with Gasteiger partial charge >= 0.3 is 0 Å². The van der Waals surface area contributed by atoms with Crippen molar-refractivity contribution in [1.29, 1.82) is 0 Å². The van der Waals surface area contributed by atoms with Crippen molar-refractivity contribution in [3.8, 4) is 10.6 Å². The molecule has 1 aromatic carbocycles. The van der Waals surface area contributed by atoms with Gasteiger partial charge < -0.3 is 15.7 Å². The first-order valence-corrected chi connectivity index (χ1v) is 15.2. The number of nitrogens with zero attached hydrogens (tertiary/aromatic N) is 5. The van der Waals surface area contributed by atoms with Crippen molar-refractivity contribution in [3.63, 3.8) is 0 Å². The normalized spacial score (nSPS) is 22.1. The third-order valence-corrected chi connectivity index (χ3v) is 9.17. The fourth-order valence-electron chi connectivity index (χ4n) is 5.96. The minimum atomic E-state index is -0.881. The van der Waals surface area contributed by atoms with Gasteiger partial charge in [-0.1, -0.05) is 11.3 Å². The van der Waals surface area contributed by atoms with Crippen LogP contribution in [0.15, 0.2) is 24.3 Å². The van der Waals surface area contributed by atoms with Crippen LogP contribution in [0.25, 0.3) is 10.6 Å². The molecule has 10 nitrogen and oxygen atoms in total. The molecule has 43 heavy (non-hydrogen) atoms. The summed E-state index contributed by atoms with van der Waals surface area (Å²) in [6, 6.07) is 5.23. The Morgan fingerprint density at radius 1 is 1.09 bits per heavy atom. The summed E-state index contributed by atoms with van der Waals surface area (Å²) in [5.41, 5.74) is -0.768. The lowest BCUT2D eigenvalue weighted by Gasteiger charge is -2.54. The van der Waals surface area contributed by atoms with Crippen LogP contribution in [-0.2, 0) is 10.3 Å². The van der Waals surface area contributed by atoms with Gasteiger partial charge in [-0.25, -0.2) is 18.7 Å². The lowest BCUT2D eigenvalue weighted by molar-refractivity contribution is -0.127. The van der Waals surface area contributed by atoms with E-state index < -0.39 is 34.2 Å². The van der Waals surface area contributed by atoms with E-state index in [1.54, 1.807) is 0 Å². The number of hydrogen-bond acceptors (Lipinski definition) is 9. The number of amides is 2. The lowest BCUT2D eigenvalue weighted by Crippen LogP contribution is -2.73. The number of halogens is 2. The molecule has 13 heteroatoms. The zero-order valence-electron chi connectivity index (χ0n) is 25.0. The van der Waals surface area contributed by atoms with Gasteiger partial charge in [0.15, 0.2) is 10.8 Å². The second-order valence-electron chi connectivity index (χ2n) is 12.7. The van der Waals surface area contributed by atoms with Crippen molar-refractivity contribution in [3.05, 3.63) is 58.1 Å². The maximum atomic E-state index is 14.3. The zero-order chi connectivity index (χ0) is 31.2. The van der Waals surface area contributed by atoms with Crippen LogP contribution < -0.4 is 10.6 Å². The van der Waals surface area contributed by atoms with Crippen LogP contribution >= 0.6 is 11.3 Å². The van der Waals surface area contributed by atoms with Crippen molar-refractivity contribution in [2.24, 2.45) is 0 Å². The molecule has 2 fully saturated rings. The highest BCUT2D eigenvalue weighted by molar-refractivity contribution is 7.16. The third kappa shape index (κ3) is 7.05. The van der Waals surface area contributed by atoms with Crippen molar-refractivity contribution >= 4 is 23.2 Å². The van der Waals surface area contributed by atoms with Gasteiger partial charge in [0.05, 0.1) is 23.1 Å². The van der Waals surface area contributed by atoms with Crippen LogP contribution in [0, 0.1) is 25.5 Å². The average molecular weight is 614 g/mol. The Labute approximate surface area is 253 Å². The number of benzene rings is 1. The molecule has 1 saturated heterocycles. The van der Waals surface area contributed by atoms with Crippen molar-refractivity contribution in [2.45, 2.75) is 89.4 Å². The predicted octanol–water partition coefficient (Wildman–Crippen LogP) is 3.81. The molecule has 0 unspecified atom stereocenters. The van der Waals surface area contributed by atoms with Crippen LogP contribution in [0.4, 0.5) is 8.78 Å². The van der Waals surface area contributed by atoms with E-state index in [4.69, 9.17) is 0 Å². The molecule has 2 amide bonds. The van der Waals surface area contributed by atoms with E-state index in [2.05, 4.69) is 35.7 Å². The summed E-state index contributed by atoms with van der Waals surface area (Å²) in [4.78, 5) is 38.2. The second-order valence-corrected chi connectivity index (χ2v) is 13.7. The third-order valence-electron chi connectivity index (χ3n) is 8.21. The van der Waals surface area contributed by atoms with Crippen molar-refractivity contribution in [1.82, 2.24) is 35.7 Å². The standard InChI is InChI=1S/C30H37F2N7O3S/c1-17-12-18(2)34-27(33-17)28(3,4)35-23(40)14-30(15-39(16-30)20-8-10-29(5,42)11-9-20)36-24(41)26-38-37-25(43-26)21-7-6-19(31)13-22(21)32/h6-7,12-13,20,42H,8-11,14-16H2,1-5H3,(H,35,40)(H,36,41). The van der Waals surface area contributed by atoms with Crippen LogP contribution in [0.3, 0.4) is 0 Å². The SMILES string of the molecule is Cc1cc(C)nc(C(C)(C)NC(=O)CC2(NC(=O)c3nnc(-c4ccc(F)cc4F)s3)CN(C3CCC(C)(O)CC3)C2)n1. The quantitative estimate of drug-likeness (QED) is 0.350. The van der Waals surface area contributed by atoms with Crippen LogP contribution in [0.1, 0.15) is 79.9 Å². The predicted molar refractivity (Wildman–Crippen MR) is 157 cm³/mol. The van der Waals surface area contributed by atoms with E-state index in [0.717, 1.165) is 47.7 Å². The molecular formula is C30H37F2N7O3S. The average Bonchev–Trinajstić information content (AvgIpc) is 3.36. The minimum absolute atomic E-state index is 0.00611. The molecule has 1 aliphatic carbocycles. The Morgan fingerprint density at radius 2 is 1.74 bits per heavy atom. The number of aromatic nitrogens is 4. The van der Waals surface area contributed by atoms with E-state index in [1.807, 2.05) is 40.7 Å². The van der Waals surface area contributed by atoms with Gasteiger partial charge in [0.25, 0.3) is 5.91 Å². The van der Waals surface area contributed by atoms with Gasteiger partial charge in [-0.3, -0.25) is 14.5 Å². The first kappa shape index (κ1) is 31.0. The molecule has 0 radical (unpaired) electrons. The molecule has 230 valence electrons. The molecule has 3 N–H and O–H groups in total. The van der Waals surface area contributed by atoms with Crippen LogP contribution in [-0.4, -0.2) is 72.3 Å². The molecular weight excluding hydrogens is 576 g/mol. The first-order chi connectivity index (χ1) is 20.1. The fraction of sp³-hybridized carbons (Fsp3) is 0.533. The molecule has 5 rings (SSSR count). The number of aryl methyl sites for hydroxylation is 2. The maximum absolute atomic E-state index is 14.3.